The highest BCUT2D eigenvalue weighted by Crippen LogP contribution is 2.37. The van der Waals surface area contributed by atoms with Crippen LogP contribution in [0.25, 0.3) is 0 Å². The summed E-state index contributed by atoms with van der Waals surface area (Å²) in [5, 5.41) is 2.49. The zero-order valence-corrected chi connectivity index (χ0v) is 9.72. The Morgan fingerprint density at radius 2 is 2.06 bits per heavy atom. The molecule has 17 heavy (non-hydrogen) atoms. The standard InChI is InChI=1S/C13H15F2NO/c1-2-3-4-5-9-10-6-8(14)7-11(15)12(10)16-13(9)17/h6-7,9H,2-5H2,1H3,(H,16,17). The highest BCUT2D eigenvalue weighted by Gasteiger charge is 2.32. The van der Waals surface area contributed by atoms with E-state index in [0.717, 1.165) is 25.3 Å². The van der Waals surface area contributed by atoms with Crippen molar-refractivity contribution in [3.8, 4) is 0 Å². The number of fused-ring (bicyclic) bond motifs is 1. The van der Waals surface area contributed by atoms with E-state index in [2.05, 4.69) is 12.2 Å². The Bertz CT molecular complexity index is 445. The molecule has 1 N–H and O–H groups in total. The molecule has 0 radical (unpaired) electrons. The number of anilines is 1. The number of hydrogen-bond acceptors (Lipinski definition) is 1. The van der Waals surface area contributed by atoms with Crippen LogP contribution in [0.1, 0.15) is 44.1 Å². The fourth-order valence-electron chi connectivity index (χ4n) is 2.24. The van der Waals surface area contributed by atoms with Crippen LogP contribution in [-0.4, -0.2) is 5.91 Å². The van der Waals surface area contributed by atoms with E-state index < -0.39 is 17.6 Å². The molecule has 92 valence electrons. The molecule has 1 unspecified atom stereocenters. The third-order valence-electron chi connectivity index (χ3n) is 3.12. The van der Waals surface area contributed by atoms with Gasteiger partial charge in [0.1, 0.15) is 11.6 Å². The van der Waals surface area contributed by atoms with Crippen molar-refractivity contribution in [3.05, 3.63) is 29.3 Å². The molecule has 1 aromatic carbocycles. The van der Waals surface area contributed by atoms with E-state index in [-0.39, 0.29) is 11.6 Å². The SMILES string of the molecule is CCCCCC1C(=O)Nc2c(F)cc(F)cc21. The van der Waals surface area contributed by atoms with Gasteiger partial charge in [0.25, 0.3) is 0 Å². The van der Waals surface area contributed by atoms with Crippen molar-refractivity contribution >= 4 is 11.6 Å². The second kappa shape index (κ2) is 4.82. The van der Waals surface area contributed by atoms with E-state index in [9.17, 15) is 13.6 Å². The summed E-state index contributed by atoms with van der Waals surface area (Å²) in [7, 11) is 0. The lowest BCUT2D eigenvalue weighted by molar-refractivity contribution is -0.117. The van der Waals surface area contributed by atoms with Crippen LogP contribution in [0.15, 0.2) is 12.1 Å². The largest absolute Gasteiger partial charge is 0.323 e. The number of unbranched alkanes of at least 4 members (excludes halogenated alkanes) is 2. The number of carbonyl (C=O) groups is 1. The minimum absolute atomic E-state index is 0.151. The quantitative estimate of drug-likeness (QED) is 0.799. The fourth-order valence-corrected chi connectivity index (χ4v) is 2.24. The maximum absolute atomic E-state index is 13.4. The summed E-state index contributed by atoms with van der Waals surface area (Å²) in [5.41, 5.74) is 0.613. The Morgan fingerprint density at radius 1 is 1.29 bits per heavy atom. The summed E-state index contributed by atoms with van der Waals surface area (Å²) in [4.78, 5) is 11.7. The number of benzene rings is 1. The molecule has 0 fully saturated rings. The first kappa shape index (κ1) is 12.0. The van der Waals surface area contributed by atoms with Crippen LogP contribution in [0, 0.1) is 11.6 Å². The molecule has 0 aromatic heterocycles. The molecule has 1 atom stereocenters. The Morgan fingerprint density at radius 3 is 2.76 bits per heavy atom. The number of halogens is 2. The zero-order valence-electron chi connectivity index (χ0n) is 9.72. The maximum atomic E-state index is 13.4. The van der Waals surface area contributed by atoms with E-state index in [4.69, 9.17) is 0 Å². The van der Waals surface area contributed by atoms with Crippen molar-refractivity contribution in [2.45, 2.75) is 38.5 Å². The van der Waals surface area contributed by atoms with Crippen LogP contribution >= 0.6 is 0 Å². The summed E-state index contributed by atoms with van der Waals surface area (Å²) >= 11 is 0. The lowest BCUT2D eigenvalue weighted by Crippen LogP contribution is -2.12. The summed E-state index contributed by atoms with van der Waals surface area (Å²) in [6.45, 7) is 2.07. The smallest absolute Gasteiger partial charge is 0.232 e. The summed E-state index contributed by atoms with van der Waals surface area (Å²) in [6, 6.07) is 2.06. The Labute approximate surface area is 99.0 Å². The van der Waals surface area contributed by atoms with Crippen molar-refractivity contribution in [3.63, 3.8) is 0 Å². The topological polar surface area (TPSA) is 29.1 Å². The van der Waals surface area contributed by atoms with Gasteiger partial charge in [0, 0.05) is 6.07 Å². The van der Waals surface area contributed by atoms with Crippen LogP contribution in [0.4, 0.5) is 14.5 Å². The number of hydrogen-bond donors (Lipinski definition) is 1. The first-order valence-corrected chi connectivity index (χ1v) is 5.93. The Hall–Kier alpha value is -1.45. The average molecular weight is 239 g/mol. The number of carbonyl (C=O) groups excluding carboxylic acids is 1. The van der Waals surface area contributed by atoms with Crippen molar-refractivity contribution in [1.29, 1.82) is 0 Å². The van der Waals surface area contributed by atoms with E-state index in [1.165, 1.54) is 6.07 Å². The van der Waals surface area contributed by atoms with E-state index in [1.54, 1.807) is 0 Å². The third-order valence-corrected chi connectivity index (χ3v) is 3.12. The molecular formula is C13H15F2NO. The molecule has 2 rings (SSSR count). The normalized spacial score (nSPS) is 18.1. The lowest BCUT2D eigenvalue weighted by atomic mass is 9.94. The predicted molar refractivity (Wildman–Crippen MR) is 61.9 cm³/mol. The fraction of sp³-hybridized carbons (Fsp3) is 0.462. The van der Waals surface area contributed by atoms with Gasteiger partial charge in [-0.15, -0.1) is 0 Å². The Kier molecular flexibility index (Phi) is 3.41. The minimum atomic E-state index is -0.689. The highest BCUT2D eigenvalue weighted by molar-refractivity contribution is 6.02. The van der Waals surface area contributed by atoms with Gasteiger partial charge in [0.05, 0.1) is 11.6 Å². The predicted octanol–water partition coefficient (Wildman–Crippen LogP) is 3.58. The van der Waals surface area contributed by atoms with Crippen molar-refractivity contribution in [2.24, 2.45) is 0 Å². The molecule has 0 spiro atoms. The van der Waals surface area contributed by atoms with Crippen LogP contribution in [0.5, 0.6) is 0 Å². The molecule has 1 aliphatic rings. The second-order valence-electron chi connectivity index (χ2n) is 4.39. The summed E-state index contributed by atoms with van der Waals surface area (Å²) in [6.07, 6.45) is 3.62. The average Bonchev–Trinajstić information content (AvgIpc) is 2.57. The van der Waals surface area contributed by atoms with Gasteiger partial charge >= 0.3 is 0 Å². The number of rotatable bonds is 4. The second-order valence-corrected chi connectivity index (χ2v) is 4.39. The third kappa shape index (κ3) is 2.30. The first-order valence-electron chi connectivity index (χ1n) is 5.93. The highest BCUT2D eigenvalue weighted by atomic mass is 19.1. The van der Waals surface area contributed by atoms with Crippen molar-refractivity contribution in [2.75, 3.05) is 5.32 Å². The molecule has 1 heterocycles. The van der Waals surface area contributed by atoms with Gasteiger partial charge in [-0.2, -0.15) is 0 Å². The van der Waals surface area contributed by atoms with Crippen LogP contribution in [0.3, 0.4) is 0 Å². The molecule has 0 saturated heterocycles. The lowest BCUT2D eigenvalue weighted by Gasteiger charge is -2.08. The first-order chi connectivity index (χ1) is 8.13. The van der Waals surface area contributed by atoms with Crippen LogP contribution in [0.2, 0.25) is 0 Å². The van der Waals surface area contributed by atoms with Gasteiger partial charge in [0.15, 0.2) is 0 Å². The van der Waals surface area contributed by atoms with Crippen LogP contribution < -0.4 is 5.32 Å². The molecular weight excluding hydrogens is 224 g/mol. The molecule has 0 bridgehead atoms. The molecule has 4 heteroatoms. The van der Waals surface area contributed by atoms with Crippen molar-refractivity contribution in [1.82, 2.24) is 0 Å². The van der Waals surface area contributed by atoms with Gasteiger partial charge in [-0.3, -0.25) is 4.79 Å². The van der Waals surface area contributed by atoms with Crippen molar-refractivity contribution < 1.29 is 13.6 Å². The number of nitrogens with one attached hydrogen (secondary N) is 1. The molecule has 1 amide bonds. The zero-order chi connectivity index (χ0) is 12.4. The van der Waals surface area contributed by atoms with Gasteiger partial charge < -0.3 is 5.32 Å². The van der Waals surface area contributed by atoms with E-state index >= 15 is 0 Å². The Balaban J connectivity index is 2.23. The summed E-state index contributed by atoms with van der Waals surface area (Å²) in [5.74, 6) is -1.94. The van der Waals surface area contributed by atoms with E-state index in [1.807, 2.05) is 0 Å². The van der Waals surface area contributed by atoms with Crippen LogP contribution in [-0.2, 0) is 4.79 Å². The maximum Gasteiger partial charge on any atom is 0.232 e. The minimum Gasteiger partial charge on any atom is -0.323 e. The van der Waals surface area contributed by atoms with Gasteiger partial charge in [0.2, 0.25) is 5.91 Å². The number of amides is 1. The van der Waals surface area contributed by atoms with Gasteiger partial charge in [-0.05, 0) is 18.1 Å². The van der Waals surface area contributed by atoms with Gasteiger partial charge in [-0.25, -0.2) is 8.78 Å². The van der Waals surface area contributed by atoms with Gasteiger partial charge in [-0.1, -0.05) is 26.2 Å². The molecule has 0 aliphatic carbocycles. The van der Waals surface area contributed by atoms with E-state index in [0.29, 0.717) is 12.0 Å². The molecule has 0 saturated carbocycles. The summed E-state index contributed by atoms with van der Waals surface area (Å²) < 4.78 is 26.6. The molecule has 2 nitrogen and oxygen atoms in total. The molecule has 1 aliphatic heterocycles. The monoisotopic (exact) mass is 239 g/mol. The molecule has 1 aromatic rings.